The minimum absolute atomic E-state index is 0.0538. The van der Waals surface area contributed by atoms with Crippen LogP contribution in [0.25, 0.3) is 0 Å². The van der Waals surface area contributed by atoms with Crippen LogP contribution in [0.1, 0.15) is 62.6 Å². The Morgan fingerprint density at radius 3 is 2.14 bits per heavy atom. The fraction of sp³-hybridized carbons (Fsp3) is 0.344. The van der Waals surface area contributed by atoms with Crippen molar-refractivity contribution in [1.29, 1.82) is 0 Å². The lowest BCUT2D eigenvalue weighted by Crippen LogP contribution is -2.39. The predicted molar refractivity (Wildman–Crippen MR) is 150 cm³/mol. The molecule has 0 aliphatic heterocycles. The van der Waals surface area contributed by atoms with E-state index in [1.54, 1.807) is 7.11 Å². The maximum atomic E-state index is 13.2. The molecule has 2 amide bonds. The largest absolute Gasteiger partial charge is 0.497 e. The van der Waals surface area contributed by atoms with Crippen LogP contribution in [-0.4, -0.2) is 31.1 Å². The molecule has 0 saturated heterocycles. The van der Waals surface area contributed by atoms with E-state index in [0.29, 0.717) is 18.4 Å². The van der Waals surface area contributed by atoms with Gasteiger partial charge in [0.2, 0.25) is 0 Å². The van der Waals surface area contributed by atoms with Gasteiger partial charge in [-0.3, -0.25) is 0 Å². The number of hydrogen-bond acceptors (Lipinski definition) is 2. The number of unbranched alkanes of at least 4 members (excludes halogenated alkanes) is 2. The molecule has 3 aromatic carbocycles. The summed E-state index contributed by atoms with van der Waals surface area (Å²) in [5.74, 6) is 7.84. The standard InChI is InChI=1S/C32H38N2O2/c1-5-6-10-23-34(32(35)33-30-19-21-31(36-4)22-20-30)24-25(2)26(3)29-17-15-28(16-18-29)14-13-27-11-8-7-9-12-27/h7-9,11-12,15-22,25-26H,5-6,10,23-24H2,1-4H3,(H,33,35). The quantitative estimate of drug-likeness (QED) is 0.239. The lowest BCUT2D eigenvalue weighted by Gasteiger charge is -2.29. The first kappa shape index (κ1) is 26.9. The first-order valence-electron chi connectivity index (χ1n) is 12.9. The minimum atomic E-state index is -0.0538. The molecule has 1 N–H and O–H groups in total. The molecule has 4 nitrogen and oxygen atoms in total. The van der Waals surface area contributed by atoms with Crippen molar-refractivity contribution in [2.45, 2.75) is 46.0 Å². The Balaban J connectivity index is 1.64. The van der Waals surface area contributed by atoms with E-state index >= 15 is 0 Å². The average molecular weight is 483 g/mol. The number of carbonyl (C=O) groups is 1. The second-order valence-electron chi connectivity index (χ2n) is 9.32. The first-order chi connectivity index (χ1) is 17.5. The van der Waals surface area contributed by atoms with Crippen molar-refractivity contribution < 1.29 is 9.53 Å². The molecule has 0 bridgehead atoms. The number of urea groups is 1. The van der Waals surface area contributed by atoms with Crippen molar-refractivity contribution >= 4 is 11.7 Å². The van der Waals surface area contributed by atoms with Crippen molar-refractivity contribution in [1.82, 2.24) is 4.90 Å². The Labute approximate surface area is 216 Å². The fourth-order valence-corrected chi connectivity index (χ4v) is 4.08. The number of benzene rings is 3. The van der Waals surface area contributed by atoms with Gasteiger partial charge in [0.05, 0.1) is 7.11 Å². The van der Waals surface area contributed by atoms with E-state index in [1.807, 2.05) is 59.5 Å². The summed E-state index contributed by atoms with van der Waals surface area (Å²) in [5, 5.41) is 3.06. The SMILES string of the molecule is CCCCCN(CC(C)C(C)c1ccc(C#Cc2ccccc2)cc1)C(=O)Nc1ccc(OC)cc1. The van der Waals surface area contributed by atoms with E-state index in [4.69, 9.17) is 4.74 Å². The van der Waals surface area contributed by atoms with Gasteiger partial charge in [-0.1, -0.05) is 75.8 Å². The normalized spacial score (nSPS) is 12.1. The second kappa shape index (κ2) is 14.0. The highest BCUT2D eigenvalue weighted by molar-refractivity contribution is 5.89. The lowest BCUT2D eigenvalue weighted by atomic mass is 9.88. The summed E-state index contributed by atoms with van der Waals surface area (Å²) in [6, 6.07) is 25.9. The van der Waals surface area contributed by atoms with Crippen LogP contribution in [0.4, 0.5) is 10.5 Å². The van der Waals surface area contributed by atoms with Crippen LogP contribution >= 0.6 is 0 Å². The summed E-state index contributed by atoms with van der Waals surface area (Å²) in [5.41, 5.74) is 4.05. The smallest absolute Gasteiger partial charge is 0.321 e. The van der Waals surface area contributed by atoms with Gasteiger partial charge in [-0.2, -0.15) is 0 Å². The zero-order valence-electron chi connectivity index (χ0n) is 22.0. The highest BCUT2D eigenvalue weighted by Gasteiger charge is 2.21. The van der Waals surface area contributed by atoms with Crippen LogP contribution in [0, 0.1) is 17.8 Å². The van der Waals surface area contributed by atoms with Crippen molar-refractivity contribution in [3.05, 3.63) is 95.6 Å². The number of amides is 2. The first-order valence-corrected chi connectivity index (χ1v) is 12.9. The number of carbonyl (C=O) groups excluding carboxylic acids is 1. The van der Waals surface area contributed by atoms with Gasteiger partial charge >= 0.3 is 6.03 Å². The number of nitrogens with zero attached hydrogens (tertiary/aromatic N) is 1. The number of ether oxygens (including phenoxy) is 1. The second-order valence-corrected chi connectivity index (χ2v) is 9.32. The molecule has 36 heavy (non-hydrogen) atoms. The summed E-state index contributed by atoms with van der Waals surface area (Å²) < 4.78 is 5.22. The molecule has 3 rings (SSSR count). The van der Waals surface area contributed by atoms with Gasteiger partial charge in [0.25, 0.3) is 0 Å². The van der Waals surface area contributed by atoms with E-state index in [2.05, 4.69) is 62.2 Å². The van der Waals surface area contributed by atoms with Crippen LogP contribution in [-0.2, 0) is 0 Å². The zero-order chi connectivity index (χ0) is 25.8. The molecule has 0 spiro atoms. The molecule has 0 aromatic heterocycles. The Kier molecular flexibility index (Phi) is 10.5. The number of hydrogen-bond donors (Lipinski definition) is 1. The predicted octanol–water partition coefficient (Wildman–Crippen LogP) is 7.56. The number of anilines is 1. The van der Waals surface area contributed by atoms with Gasteiger partial charge in [-0.05, 0) is 72.4 Å². The summed E-state index contributed by atoms with van der Waals surface area (Å²) in [4.78, 5) is 15.1. The van der Waals surface area contributed by atoms with Crippen LogP contribution in [0.15, 0.2) is 78.9 Å². The lowest BCUT2D eigenvalue weighted by molar-refractivity contribution is 0.197. The van der Waals surface area contributed by atoms with E-state index < -0.39 is 0 Å². The summed E-state index contributed by atoms with van der Waals surface area (Å²) in [6.07, 6.45) is 3.24. The summed E-state index contributed by atoms with van der Waals surface area (Å²) in [7, 11) is 1.64. The highest BCUT2D eigenvalue weighted by atomic mass is 16.5. The van der Waals surface area contributed by atoms with Crippen molar-refractivity contribution in [2.75, 3.05) is 25.5 Å². The van der Waals surface area contributed by atoms with E-state index in [1.165, 1.54) is 5.56 Å². The van der Waals surface area contributed by atoms with Gasteiger partial charge in [0.1, 0.15) is 5.75 Å². The molecule has 188 valence electrons. The van der Waals surface area contributed by atoms with Crippen molar-refractivity contribution in [2.24, 2.45) is 5.92 Å². The Morgan fingerprint density at radius 2 is 1.53 bits per heavy atom. The average Bonchev–Trinajstić information content (AvgIpc) is 2.92. The summed E-state index contributed by atoms with van der Waals surface area (Å²) in [6.45, 7) is 8.09. The topological polar surface area (TPSA) is 41.6 Å². The monoisotopic (exact) mass is 482 g/mol. The Hall–Kier alpha value is -3.71. The molecule has 0 radical (unpaired) electrons. The van der Waals surface area contributed by atoms with Crippen LogP contribution in [0.3, 0.4) is 0 Å². The third-order valence-electron chi connectivity index (χ3n) is 6.58. The molecule has 0 fully saturated rings. The minimum Gasteiger partial charge on any atom is -0.497 e. The van der Waals surface area contributed by atoms with Crippen molar-refractivity contribution in [3.63, 3.8) is 0 Å². The van der Waals surface area contributed by atoms with Gasteiger partial charge in [-0.15, -0.1) is 0 Å². The van der Waals surface area contributed by atoms with Gasteiger partial charge < -0.3 is 15.0 Å². The molecular formula is C32H38N2O2. The molecule has 3 aromatic rings. The summed E-state index contributed by atoms with van der Waals surface area (Å²) >= 11 is 0. The molecule has 4 heteroatoms. The van der Waals surface area contributed by atoms with E-state index in [0.717, 1.165) is 48.4 Å². The molecule has 2 atom stereocenters. The zero-order valence-corrected chi connectivity index (χ0v) is 22.0. The van der Waals surface area contributed by atoms with Crippen LogP contribution in [0.5, 0.6) is 5.75 Å². The molecule has 2 unspecified atom stereocenters. The third kappa shape index (κ3) is 8.20. The van der Waals surface area contributed by atoms with Crippen LogP contribution < -0.4 is 10.1 Å². The van der Waals surface area contributed by atoms with Gasteiger partial charge in [-0.25, -0.2) is 4.79 Å². The van der Waals surface area contributed by atoms with E-state index in [-0.39, 0.29) is 6.03 Å². The van der Waals surface area contributed by atoms with E-state index in [9.17, 15) is 4.79 Å². The van der Waals surface area contributed by atoms with Gasteiger partial charge in [0.15, 0.2) is 0 Å². The molecule has 0 aliphatic carbocycles. The van der Waals surface area contributed by atoms with Crippen LogP contribution in [0.2, 0.25) is 0 Å². The van der Waals surface area contributed by atoms with Gasteiger partial charge in [0, 0.05) is 29.9 Å². The molecule has 0 saturated carbocycles. The van der Waals surface area contributed by atoms with Crippen molar-refractivity contribution in [3.8, 4) is 17.6 Å². The highest BCUT2D eigenvalue weighted by Crippen LogP contribution is 2.26. The number of rotatable bonds is 10. The Bertz CT molecular complexity index is 1130. The Morgan fingerprint density at radius 1 is 0.889 bits per heavy atom. The third-order valence-corrected chi connectivity index (χ3v) is 6.58. The molecule has 0 heterocycles. The maximum absolute atomic E-state index is 13.2. The fourth-order valence-electron chi connectivity index (χ4n) is 4.08. The maximum Gasteiger partial charge on any atom is 0.321 e. The molecular weight excluding hydrogens is 444 g/mol. The molecule has 0 aliphatic rings. The number of nitrogens with one attached hydrogen (secondary N) is 1. The number of methoxy groups -OCH3 is 1.